The molecule has 0 aromatic heterocycles. The lowest BCUT2D eigenvalue weighted by atomic mass is 9.99. The van der Waals surface area contributed by atoms with Gasteiger partial charge in [-0.05, 0) is 115 Å². The number of rotatable bonds is 12. The molecule has 0 unspecified atom stereocenters. The fraction of sp³-hybridized carbons (Fsp3) is 0.273. The molecule has 0 saturated heterocycles. The van der Waals surface area contributed by atoms with Crippen molar-refractivity contribution in [3.8, 4) is 0 Å². The van der Waals surface area contributed by atoms with Gasteiger partial charge in [-0.3, -0.25) is 0 Å². The Kier molecular flexibility index (Phi) is 9.00. The summed E-state index contributed by atoms with van der Waals surface area (Å²) in [5.74, 6) is 0. The summed E-state index contributed by atoms with van der Waals surface area (Å²) in [6, 6.07) is 34.9. The van der Waals surface area contributed by atoms with E-state index in [1.165, 1.54) is 52.6 Å². The van der Waals surface area contributed by atoms with Crippen LogP contribution in [0, 0.1) is 0 Å². The molecule has 0 heterocycles. The lowest BCUT2D eigenvalue weighted by molar-refractivity contribution is 0.806. The second-order valence-electron chi connectivity index (χ2n) is 9.68. The largest absolute Gasteiger partial charge is 0.399 e. The Morgan fingerprint density at radius 1 is 0.286 bits per heavy atom. The number of aryl methyl sites for hydroxylation is 6. The first kappa shape index (κ1) is 24.6. The molecule has 2 heteroatoms. The zero-order valence-corrected chi connectivity index (χ0v) is 20.8. The predicted molar refractivity (Wildman–Crippen MR) is 151 cm³/mol. The van der Waals surface area contributed by atoms with Crippen molar-refractivity contribution in [1.29, 1.82) is 0 Å². The molecule has 0 fully saturated rings. The number of hydrogen-bond donors (Lipinski definition) is 2. The highest BCUT2D eigenvalue weighted by molar-refractivity contribution is 5.40. The van der Waals surface area contributed by atoms with Gasteiger partial charge in [0, 0.05) is 11.4 Å². The summed E-state index contributed by atoms with van der Waals surface area (Å²) in [6.45, 7) is 0. The molecule has 0 aliphatic heterocycles. The van der Waals surface area contributed by atoms with Crippen LogP contribution in [0.1, 0.15) is 52.6 Å². The molecule has 0 atom stereocenters. The Morgan fingerprint density at radius 3 is 0.657 bits per heavy atom. The van der Waals surface area contributed by atoms with Crippen LogP contribution >= 0.6 is 0 Å². The number of nitrogens with two attached hydrogens (primary N) is 2. The third kappa shape index (κ3) is 8.33. The molecule has 0 saturated carbocycles. The molecule has 0 aliphatic rings. The van der Waals surface area contributed by atoms with Crippen molar-refractivity contribution in [2.24, 2.45) is 0 Å². The first-order valence-corrected chi connectivity index (χ1v) is 13.0. The van der Waals surface area contributed by atoms with Gasteiger partial charge in [-0.2, -0.15) is 0 Å². The molecule has 180 valence electrons. The summed E-state index contributed by atoms with van der Waals surface area (Å²) in [5, 5.41) is 0. The number of hydrogen-bond acceptors (Lipinski definition) is 2. The van der Waals surface area contributed by atoms with E-state index in [9.17, 15) is 0 Å². The highest BCUT2D eigenvalue weighted by Gasteiger charge is 2.01. The minimum absolute atomic E-state index is 0.836. The van der Waals surface area contributed by atoms with Gasteiger partial charge < -0.3 is 11.5 Å². The highest BCUT2D eigenvalue weighted by Crippen LogP contribution is 2.15. The van der Waals surface area contributed by atoms with Crippen LogP contribution in [0.15, 0.2) is 97.1 Å². The zero-order valence-electron chi connectivity index (χ0n) is 20.8. The monoisotopic (exact) mass is 462 g/mol. The molecule has 0 radical (unpaired) electrons. The number of anilines is 2. The van der Waals surface area contributed by atoms with E-state index in [0.29, 0.717) is 0 Å². The molecule has 0 amide bonds. The first-order valence-electron chi connectivity index (χ1n) is 13.0. The van der Waals surface area contributed by atoms with E-state index in [4.69, 9.17) is 11.5 Å². The maximum atomic E-state index is 5.77. The fourth-order valence-electron chi connectivity index (χ4n) is 4.60. The lowest BCUT2D eigenvalue weighted by Gasteiger charge is -2.07. The topological polar surface area (TPSA) is 52.0 Å². The van der Waals surface area contributed by atoms with Crippen molar-refractivity contribution in [2.45, 2.75) is 57.8 Å². The summed E-state index contributed by atoms with van der Waals surface area (Å²) in [5.41, 5.74) is 21.7. The standard InChI is InChI=1S/C33H38N2/c34-32-22-18-30(19-23-32)8-2-6-28-14-10-26(11-15-28)4-1-5-27-12-16-29(17-13-27)7-3-9-31-20-24-33(35)25-21-31/h10-25H,1-9,34-35H2. The van der Waals surface area contributed by atoms with E-state index in [2.05, 4.69) is 72.8 Å². The van der Waals surface area contributed by atoms with Crippen LogP contribution in [0.25, 0.3) is 0 Å². The minimum Gasteiger partial charge on any atom is -0.399 e. The summed E-state index contributed by atoms with van der Waals surface area (Å²) in [6.07, 6.45) is 10.2. The highest BCUT2D eigenvalue weighted by atomic mass is 14.5. The molecular weight excluding hydrogens is 424 g/mol. The van der Waals surface area contributed by atoms with Gasteiger partial charge in [0.15, 0.2) is 0 Å². The molecule has 4 N–H and O–H groups in total. The Hall–Kier alpha value is -3.52. The predicted octanol–water partition coefficient (Wildman–Crippen LogP) is 7.38. The smallest absolute Gasteiger partial charge is 0.0314 e. The minimum atomic E-state index is 0.836. The Balaban J connectivity index is 1.13. The van der Waals surface area contributed by atoms with Crippen molar-refractivity contribution >= 4 is 11.4 Å². The quantitative estimate of drug-likeness (QED) is 0.216. The van der Waals surface area contributed by atoms with E-state index in [-0.39, 0.29) is 0 Å². The van der Waals surface area contributed by atoms with Crippen LogP contribution in [0.2, 0.25) is 0 Å². The van der Waals surface area contributed by atoms with Gasteiger partial charge in [0.05, 0.1) is 0 Å². The van der Waals surface area contributed by atoms with Crippen LogP contribution in [0.3, 0.4) is 0 Å². The Bertz CT molecular complexity index is 1050. The second kappa shape index (κ2) is 12.8. The molecule has 4 aromatic carbocycles. The van der Waals surface area contributed by atoms with Crippen molar-refractivity contribution in [1.82, 2.24) is 0 Å². The lowest BCUT2D eigenvalue weighted by Crippen LogP contribution is -1.94. The van der Waals surface area contributed by atoms with Crippen LogP contribution < -0.4 is 11.5 Å². The summed E-state index contributed by atoms with van der Waals surface area (Å²) in [4.78, 5) is 0. The van der Waals surface area contributed by atoms with Crippen molar-refractivity contribution in [3.05, 3.63) is 130 Å². The maximum absolute atomic E-state index is 5.77. The molecule has 0 spiro atoms. The van der Waals surface area contributed by atoms with Crippen LogP contribution in [0.4, 0.5) is 11.4 Å². The van der Waals surface area contributed by atoms with Gasteiger partial charge in [-0.1, -0.05) is 72.8 Å². The van der Waals surface area contributed by atoms with Gasteiger partial charge in [0.25, 0.3) is 0 Å². The average molecular weight is 463 g/mol. The molecule has 0 aliphatic carbocycles. The molecule has 35 heavy (non-hydrogen) atoms. The molecule has 0 bridgehead atoms. The van der Waals surface area contributed by atoms with Gasteiger partial charge in [0.2, 0.25) is 0 Å². The van der Waals surface area contributed by atoms with E-state index < -0.39 is 0 Å². The second-order valence-corrected chi connectivity index (χ2v) is 9.68. The van der Waals surface area contributed by atoms with Gasteiger partial charge >= 0.3 is 0 Å². The van der Waals surface area contributed by atoms with Crippen LogP contribution in [-0.4, -0.2) is 0 Å². The zero-order chi connectivity index (χ0) is 24.3. The first-order chi connectivity index (χ1) is 17.1. The third-order valence-corrected chi connectivity index (χ3v) is 6.80. The molecule has 4 aromatic rings. The number of benzene rings is 4. The van der Waals surface area contributed by atoms with Crippen LogP contribution in [-0.2, 0) is 38.5 Å². The molecule has 4 rings (SSSR count). The normalized spacial score (nSPS) is 11.0. The SMILES string of the molecule is Nc1ccc(CCCc2ccc(CCCc3ccc(CCCc4ccc(N)cc4)cc3)cc2)cc1. The molecule has 2 nitrogen and oxygen atoms in total. The summed E-state index contributed by atoms with van der Waals surface area (Å²) >= 11 is 0. The molecular formula is C33H38N2. The summed E-state index contributed by atoms with van der Waals surface area (Å²) in [7, 11) is 0. The van der Waals surface area contributed by atoms with E-state index >= 15 is 0 Å². The van der Waals surface area contributed by atoms with Crippen molar-refractivity contribution < 1.29 is 0 Å². The van der Waals surface area contributed by atoms with Gasteiger partial charge in [-0.15, -0.1) is 0 Å². The van der Waals surface area contributed by atoms with Gasteiger partial charge in [0.1, 0.15) is 0 Å². The van der Waals surface area contributed by atoms with E-state index in [0.717, 1.165) is 49.9 Å². The third-order valence-electron chi connectivity index (χ3n) is 6.80. The number of nitrogen functional groups attached to an aromatic ring is 2. The van der Waals surface area contributed by atoms with Gasteiger partial charge in [-0.25, -0.2) is 0 Å². The van der Waals surface area contributed by atoms with Crippen molar-refractivity contribution in [3.63, 3.8) is 0 Å². The fourth-order valence-corrected chi connectivity index (χ4v) is 4.60. The average Bonchev–Trinajstić information content (AvgIpc) is 2.88. The maximum Gasteiger partial charge on any atom is 0.0314 e. The Morgan fingerprint density at radius 2 is 0.457 bits per heavy atom. The van der Waals surface area contributed by atoms with E-state index in [1.54, 1.807) is 0 Å². The Labute approximate surface area is 211 Å². The summed E-state index contributed by atoms with van der Waals surface area (Å²) < 4.78 is 0. The van der Waals surface area contributed by atoms with Crippen LogP contribution in [0.5, 0.6) is 0 Å². The van der Waals surface area contributed by atoms with E-state index in [1.807, 2.05) is 24.3 Å². The van der Waals surface area contributed by atoms with Crippen molar-refractivity contribution in [2.75, 3.05) is 11.5 Å².